The normalized spacial score (nSPS) is 18.7. The van der Waals surface area contributed by atoms with Crippen molar-refractivity contribution in [2.24, 2.45) is 0 Å². The minimum atomic E-state index is -0.324. The van der Waals surface area contributed by atoms with Crippen LogP contribution in [0.2, 0.25) is 0 Å². The van der Waals surface area contributed by atoms with Crippen molar-refractivity contribution in [2.45, 2.75) is 64.8 Å². The zero-order chi connectivity index (χ0) is 16.0. The van der Waals surface area contributed by atoms with Gasteiger partial charge in [0.25, 0.3) is 5.91 Å². The van der Waals surface area contributed by atoms with Crippen LogP contribution < -0.4 is 10.9 Å². The van der Waals surface area contributed by atoms with E-state index in [0.29, 0.717) is 0 Å². The highest BCUT2D eigenvalue weighted by atomic mass is 16.2. The van der Waals surface area contributed by atoms with Crippen molar-refractivity contribution in [3.63, 3.8) is 0 Å². The summed E-state index contributed by atoms with van der Waals surface area (Å²) < 4.78 is 0. The Bertz CT molecular complexity index is 529. The van der Waals surface area contributed by atoms with Gasteiger partial charge in [0, 0.05) is 5.57 Å². The predicted molar refractivity (Wildman–Crippen MR) is 92.2 cm³/mol. The van der Waals surface area contributed by atoms with Crippen molar-refractivity contribution in [2.75, 3.05) is 0 Å². The molecule has 0 radical (unpaired) electrons. The third-order valence-electron chi connectivity index (χ3n) is 4.27. The van der Waals surface area contributed by atoms with E-state index in [9.17, 15) is 4.79 Å². The van der Waals surface area contributed by atoms with Crippen LogP contribution in [0.1, 0.15) is 64.0 Å². The maximum atomic E-state index is 11.8. The van der Waals surface area contributed by atoms with E-state index in [4.69, 9.17) is 0 Å². The van der Waals surface area contributed by atoms with Crippen LogP contribution in [0.15, 0.2) is 29.8 Å². The molecule has 0 unspecified atom stereocenters. The van der Waals surface area contributed by atoms with Gasteiger partial charge in [-0.2, -0.15) is 0 Å². The number of carbonyl (C=O) groups is 1. The van der Waals surface area contributed by atoms with Crippen LogP contribution in [-0.2, 0) is 11.2 Å². The molecule has 1 saturated heterocycles. The number of hydrogen-bond donors (Lipinski definition) is 2. The molecule has 0 atom stereocenters. The highest BCUT2D eigenvalue weighted by Crippen LogP contribution is 2.23. The predicted octanol–water partition coefficient (Wildman–Crippen LogP) is 4.00. The number of nitrogens with one attached hydrogen (secondary N) is 2. The molecule has 0 aromatic heterocycles. The lowest BCUT2D eigenvalue weighted by atomic mass is 9.93. The van der Waals surface area contributed by atoms with Crippen molar-refractivity contribution in [1.82, 2.24) is 10.9 Å². The van der Waals surface area contributed by atoms with Gasteiger partial charge in [0.2, 0.25) is 0 Å². The van der Waals surface area contributed by atoms with Gasteiger partial charge in [0.05, 0.1) is 5.54 Å². The van der Waals surface area contributed by atoms with Gasteiger partial charge in [0.1, 0.15) is 0 Å². The van der Waals surface area contributed by atoms with Crippen LogP contribution in [0.4, 0.5) is 0 Å². The Morgan fingerprint density at radius 1 is 1.05 bits per heavy atom. The number of rotatable bonds is 7. The van der Waals surface area contributed by atoms with Crippen molar-refractivity contribution < 1.29 is 4.79 Å². The van der Waals surface area contributed by atoms with Crippen molar-refractivity contribution in [3.8, 4) is 0 Å². The monoisotopic (exact) mass is 300 g/mol. The highest BCUT2D eigenvalue weighted by Gasteiger charge is 2.34. The number of amides is 1. The van der Waals surface area contributed by atoms with E-state index in [-0.39, 0.29) is 11.4 Å². The fraction of sp³-hybridized carbons (Fsp3) is 0.526. The van der Waals surface area contributed by atoms with Crippen molar-refractivity contribution in [1.29, 1.82) is 0 Å². The largest absolute Gasteiger partial charge is 0.287 e. The van der Waals surface area contributed by atoms with Gasteiger partial charge in [-0.3, -0.25) is 10.2 Å². The third-order valence-corrected chi connectivity index (χ3v) is 4.27. The van der Waals surface area contributed by atoms with E-state index >= 15 is 0 Å². The topological polar surface area (TPSA) is 41.1 Å². The van der Waals surface area contributed by atoms with Crippen LogP contribution in [0, 0.1) is 0 Å². The Morgan fingerprint density at radius 3 is 2.32 bits per heavy atom. The first-order valence-electron chi connectivity index (χ1n) is 8.41. The Hall–Kier alpha value is -1.61. The molecule has 1 aliphatic heterocycles. The van der Waals surface area contributed by atoms with Gasteiger partial charge < -0.3 is 0 Å². The molecule has 1 fully saturated rings. The first-order valence-corrected chi connectivity index (χ1v) is 8.41. The van der Waals surface area contributed by atoms with E-state index in [1.165, 1.54) is 37.7 Å². The molecule has 2 rings (SSSR count). The summed E-state index contributed by atoms with van der Waals surface area (Å²) in [5.74, 6) is -0.0370. The van der Waals surface area contributed by atoms with Gasteiger partial charge in [-0.05, 0) is 43.9 Å². The average Bonchev–Trinajstić information content (AvgIpc) is 2.75. The Balaban J connectivity index is 1.93. The third kappa shape index (κ3) is 4.44. The molecule has 0 aliphatic carbocycles. The van der Waals surface area contributed by atoms with E-state index in [2.05, 4.69) is 42.0 Å². The van der Waals surface area contributed by atoms with Gasteiger partial charge in [0.15, 0.2) is 0 Å². The number of unbranched alkanes of at least 4 members (excludes halogenated alkanes) is 4. The Labute approximate surface area is 134 Å². The maximum absolute atomic E-state index is 11.8. The van der Waals surface area contributed by atoms with E-state index in [1.54, 1.807) is 0 Å². The number of aryl methyl sites for hydroxylation is 1. The minimum Gasteiger partial charge on any atom is -0.287 e. The van der Waals surface area contributed by atoms with Crippen LogP contribution in [0.5, 0.6) is 0 Å². The van der Waals surface area contributed by atoms with E-state index in [0.717, 1.165) is 17.6 Å². The van der Waals surface area contributed by atoms with Crippen molar-refractivity contribution >= 4 is 12.0 Å². The molecule has 1 aliphatic rings. The summed E-state index contributed by atoms with van der Waals surface area (Å²) in [7, 11) is 0. The molecule has 22 heavy (non-hydrogen) atoms. The molecule has 120 valence electrons. The molecule has 3 nitrogen and oxygen atoms in total. The molecule has 0 bridgehead atoms. The molecule has 0 spiro atoms. The van der Waals surface area contributed by atoms with E-state index < -0.39 is 0 Å². The molecule has 1 aromatic rings. The molecule has 1 heterocycles. The SMILES string of the molecule is CCCCCCCc1ccc(/C=C2\C(=O)NNC2(C)C)cc1. The summed E-state index contributed by atoms with van der Waals surface area (Å²) in [4.78, 5) is 11.8. The first kappa shape index (κ1) is 16.8. The lowest BCUT2D eigenvalue weighted by molar-refractivity contribution is -0.116. The summed E-state index contributed by atoms with van der Waals surface area (Å²) >= 11 is 0. The Kier molecular flexibility index (Phi) is 5.78. The quantitative estimate of drug-likeness (QED) is 0.590. The smallest absolute Gasteiger partial charge is 0.263 e. The molecular weight excluding hydrogens is 272 g/mol. The standard InChI is InChI=1S/C19H28N2O/c1-4-5-6-7-8-9-15-10-12-16(13-11-15)14-17-18(22)20-21-19(17,2)3/h10-14,21H,4-9H2,1-3H3,(H,20,22)/b17-14+. The second-order valence-corrected chi connectivity index (χ2v) is 6.67. The number of carbonyl (C=O) groups excluding carboxylic acids is 1. The molecule has 3 heteroatoms. The van der Waals surface area contributed by atoms with Crippen molar-refractivity contribution in [3.05, 3.63) is 41.0 Å². The average molecular weight is 300 g/mol. The zero-order valence-electron chi connectivity index (χ0n) is 14.0. The molecule has 2 N–H and O–H groups in total. The minimum absolute atomic E-state index is 0.0370. The Morgan fingerprint density at radius 2 is 1.73 bits per heavy atom. The fourth-order valence-electron chi connectivity index (χ4n) is 2.76. The van der Waals surface area contributed by atoms with Gasteiger partial charge in [-0.25, -0.2) is 5.43 Å². The summed E-state index contributed by atoms with van der Waals surface area (Å²) in [5.41, 5.74) is 8.60. The summed E-state index contributed by atoms with van der Waals surface area (Å²) in [6, 6.07) is 8.57. The van der Waals surface area contributed by atoms with E-state index in [1.807, 2.05) is 19.9 Å². The molecule has 0 saturated carbocycles. The van der Waals surface area contributed by atoms with Crippen LogP contribution in [-0.4, -0.2) is 11.4 Å². The second-order valence-electron chi connectivity index (χ2n) is 6.67. The summed E-state index contributed by atoms with van der Waals surface area (Å²) in [6.07, 6.45) is 9.69. The number of hydrazine groups is 1. The fourth-order valence-corrected chi connectivity index (χ4v) is 2.76. The lowest BCUT2D eigenvalue weighted by Gasteiger charge is -2.16. The maximum Gasteiger partial charge on any atom is 0.263 e. The zero-order valence-corrected chi connectivity index (χ0v) is 14.0. The summed E-state index contributed by atoms with van der Waals surface area (Å²) in [6.45, 7) is 6.25. The number of benzene rings is 1. The molecule has 1 aromatic carbocycles. The van der Waals surface area contributed by atoms with Crippen LogP contribution in [0.25, 0.3) is 6.08 Å². The van der Waals surface area contributed by atoms with Gasteiger partial charge >= 0.3 is 0 Å². The lowest BCUT2D eigenvalue weighted by Crippen LogP contribution is -2.38. The second kappa shape index (κ2) is 7.59. The van der Waals surface area contributed by atoms with Gasteiger partial charge in [-0.15, -0.1) is 0 Å². The van der Waals surface area contributed by atoms with Crippen LogP contribution in [0.3, 0.4) is 0 Å². The number of hydrogen-bond acceptors (Lipinski definition) is 2. The molecule has 1 amide bonds. The molecular formula is C19H28N2O. The highest BCUT2D eigenvalue weighted by molar-refractivity contribution is 6.01. The van der Waals surface area contributed by atoms with Gasteiger partial charge in [-0.1, -0.05) is 56.9 Å². The van der Waals surface area contributed by atoms with Crippen LogP contribution >= 0.6 is 0 Å². The first-order chi connectivity index (χ1) is 10.5. The summed E-state index contributed by atoms with van der Waals surface area (Å²) in [5, 5.41) is 0.